The van der Waals surface area contributed by atoms with Crippen LogP contribution in [0.1, 0.15) is 11.1 Å². The lowest BCUT2D eigenvalue weighted by atomic mass is 10.00. The van der Waals surface area contributed by atoms with E-state index in [4.69, 9.17) is 4.74 Å². The maximum atomic E-state index is 13.0. The molecule has 192 valence electrons. The lowest BCUT2D eigenvalue weighted by Gasteiger charge is -2.29. The first-order valence-electron chi connectivity index (χ1n) is 12.0. The topological polar surface area (TPSA) is 114 Å². The molecule has 37 heavy (non-hydrogen) atoms. The summed E-state index contributed by atoms with van der Waals surface area (Å²) in [6.45, 7) is 7.65. The molecule has 10 nitrogen and oxygen atoms in total. The number of rotatable bonds is 7. The molecule has 3 heterocycles. The fourth-order valence-corrected chi connectivity index (χ4v) is 5.30. The maximum absolute atomic E-state index is 13.0. The molecule has 1 fully saturated rings. The van der Waals surface area contributed by atoms with Gasteiger partial charge >= 0.3 is 0 Å². The molecule has 0 saturated carbocycles. The Labute approximate surface area is 216 Å². The largest absolute Gasteiger partial charge is 0.439 e. The smallest absolute Gasteiger partial charge is 0.267 e. The third-order valence-corrected chi connectivity index (χ3v) is 7.46. The van der Waals surface area contributed by atoms with Gasteiger partial charge in [-0.15, -0.1) is 0 Å². The van der Waals surface area contributed by atoms with Crippen molar-refractivity contribution in [3.05, 3.63) is 72.1 Å². The van der Waals surface area contributed by atoms with Gasteiger partial charge in [-0.25, -0.2) is 18.1 Å². The zero-order valence-electron chi connectivity index (χ0n) is 21.0. The van der Waals surface area contributed by atoms with Crippen LogP contribution >= 0.6 is 0 Å². The van der Waals surface area contributed by atoms with Crippen molar-refractivity contribution < 1.29 is 13.2 Å². The van der Waals surface area contributed by atoms with E-state index in [2.05, 4.69) is 30.0 Å². The molecule has 11 heteroatoms. The molecule has 1 saturated heterocycles. The molecule has 0 aliphatic carbocycles. The fourth-order valence-electron chi connectivity index (χ4n) is 4.37. The van der Waals surface area contributed by atoms with Crippen molar-refractivity contribution in [2.45, 2.75) is 18.7 Å². The molecule has 2 aromatic heterocycles. The zero-order chi connectivity index (χ0) is 26.0. The molecule has 0 amide bonds. The van der Waals surface area contributed by atoms with E-state index in [1.165, 1.54) is 17.1 Å². The summed E-state index contributed by atoms with van der Waals surface area (Å²) >= 11 is 0. The summed E-state index contributed by atoms with van der Waals surface area (Å²) in [5.41, 5.74) is 4.52. The Morgan fingerprint density at radius 2 is 1.73 bits per heavy atom. The number of aryl methyl sites for hydroxylation is 3. The number of hydrogen-bond donors (Lipinski definition) is 2. The summed E-state index contributed by atoms with van der Waals surface area (Å²) < 4.78 is 36.1. The van der Waals surface area contributed by atoms with Crippen LogP contribution in [0, 0.1) is 13.8 Å². The van der Waals surface area contributed by atoms with Crippen LogP contribution in [0.5, 0.6) is 11.6 Å². The van der Waals surface area contributed by atoms with Gasteiger partial charge in [0.1, 0.15) is 10.6 Å². The summed E-state index contributed by atoms with van der Waals surface area (Å²) in [7, 11) is -2.30. The molecule has 4 aromatic rings. The Balaban J connectivity index is 1.52. The molecule has 2 aromatic carbocycles. The first kappa shape index (κ1) is 24.7. The predicted molar refractivity (Wildman–Crippen MR) is 143 cm³/mol. The predicted octanol–water partition coefficient (Wildman–Crippen LogP) is 3.50. The number of hydrogen-bond acceptors (Lipinski definition) is 8. The monoisotopic (exact) mass is 519 g/mol. The van der Waals surface area contributed by atoms with Gasteiger partial charge in [-0.3, -0.25) is 4.68 Å². The van der Waals surface area contributed by atoms with Crippen molar-refractivity contribution in [1.82, 2.24) is 25.1 Å². The molecule has 0 atom stereocenters. The van der Waals surface area contributed by atoms with Crippen molar-refractivity contribution in [1.29, 1.82) is 0 Å². The highest BCUT2D eigenvalue weighted by Gasteiger charge is 2.20. The number of piperazine rings is 1. The van der Waals surface area contributed by atoms with Crippen molar-refractivity contribution in [3.8, 4) is 22.9 Å². The van der Waals surface area contributed by atoms with Crippen LogP contribution in [-0.2, 0) is 17.1 Å². The van der Waals surface area contributed by atoms with E-state index < -0.39 is 10.0 Å². The van der Waals surface area contributed by atoms with Crippen molar-refractivity contribution in [2.24, 2.45) is 7.05 Å². The van der Waals surface area contributed by atoms with Gasteiger partial charge in [0.05, 0.1) is 11.9 Å². The van der Waals surface area contributed by atoms with Crippen molar-refractivity contribution in [2.75, 3.05) is 35.8 Å². The minimum Gasteiger partial charge on any atom is -0.439 e. The number of ether oxygens (including phenoxy) is 1. The highest BCUT2D eigenvalue weighted by atomic mass is 32.2. The number of nitrogens with one attached hydrogen (secondary N) is 2. The lowest BCUT2D eigenvalue weighted by Crippen LogP contribution is -2.43. The van der Waals surface area contributed by atoms with E-state index in [0.717, 1.165) is 48.6 Å². The number of sulfonamides is 1. The van der Waals surface area contributed by atoms with Gasteiger partial charge in [-0.05, 0) is 37.1 Å². The molecule has 2 N–H and O–H groups in total. The molecule has 0 bridgehead atoms. The van der Waals surface area contributed by atoms with Crippen LogP contribution in [0.15, 0.2) is 65.8 Å². The van der Waals surface area contributed by atoms with Crippen LogP contribution in [-0.4, -0.2) is 54.3 Å². The summed E-state index contributed by atoms with van der Waals surface area (Å²) in [6, 6.07) is 15.5. The molecular formula is C26H29N7O3S. The quantitative estimate of drug-likeness (QED) is 0.381. The van der Waals surface area contributed by atoms with Crippen LogP contribution in [0.25, 0.3) is 11.3 Å². The summed E-state index contributed by atoms with van der Waals surface area (Å²) in [5.74, 6) is 0.745. The zero-order valence-corrected chi connectivity index (χ0v) is 21.8. The minimum atomic E-state index is -3.95. The molecular weight excluding hydrogens is 490 g/mol. The molecule has 1 aliphatic heterocycles. The molecule has 1 aliphatic rings. The normalized spacial score (nSPS) is 14.0. The van der Waals surface area contributed by atoms with Crippen LogP contribution in [0.2, 0.25) is 0 Å². The Hall–Kier alpha value is -3.96. The van der Waals surface area contributed by atoms with E-state index in [-0.39, 0.29) is 16.7 Å². The van der Waals surface area contributed by atoms with Gasteiger partial charge in [0.25, 0.3) is 10.0 Å². The highest BCUT2D eigenvalue weighted by Crippen LogP contribution is 2.32. The highest BCUT2D eigenvalue weighted by molar-refractivity contribution is 7.92. The Morgan fingerprint density at radius 1 is 1.00 bits per heavy atom. The van der Waals surface area contributed by atoms with Gasteiger partial charge in [0.2, 0.25) is 11.8 Å². The standard InChI is InChI=1S/C26H29N7O3S/c1-18-6-4-7-19(2)25(18)23-15-24(30-26(29-23)31-37(34,35)22-16-28-32(3)17-22)36-21-9-5-8-20(14-21)33-12-10-27-11-13-33/h4-9,14-17,27H,10-13H2,1-3H3,(H,29,30,31). The van der Waals surface area contributed by atoms with Gasteiger partial charge < -0.3 is 15.0 Å². The second-order valence-electron chi connectivity index (χ2n) is 8.97. The van der Waals surface area contributed by atoms with Gasteiger partial charge in [-0.2, -0.15) is 10.1 Å². The van der Waals surface area contributed by atoms with E-state index in [0.29, 0.717) is 11.4 Å². The Kier molecular flexibility index (Phi) is 6.81. The average Bonchev–Trinajstić information content (AvgIpc) is 3.32. The summed E-state index contributed by atoms with van der Waals surface area (Å²) in [5, 5.41) is 7.31. The molecule has 5 rings (SSSR count). The van der Waals surface area contributed by atoms with Crippen molar-refractivity contribution in [3.63, 3.8) is 0 Å². The fraction of sp³-hybridized carbons (Fsp3) is 0.269. The van der Waals surface area contributed by atoms with Crippen LogP contribution < -0.4 is 19.7 Å². The third-order valence-electron chi connectivity index (χ3n) is 6.18. The average molecular weight is 520 g/mol. The van der Waals surface area contributed by atoms with E-state index in [1.807, 2.05) is 56.3 Å². The Bertz CT molecular complexity index is 1510. The molecule has 0 unspecified atom stereocenters. The van der Waals surface area contributed by atoms with Crippen LogP contribution in [0.4, 0.5) is 11.6 Å². The van der Waals surface area contributed by atoms with Gasteiger partial charge in [-0.1, -0.05) is 24.3 Å². The second kappa shape index (κ2) is 10.2. The summed E-state index contributed by atoms with van der Waals surface area (Å²) in [4.78, 5) is 11.3. The first-order valence-corrected chi connectivity index (χ1v) is 13.5. The first-order chi connectivity index (χ1) is 17.8. The van der Waals surface area contributed by atoms with Crippen LogP contribution in [0.3, 0.4) is 0 Å². The minimum absolute atomic E-state index is 0.0160. The number of nitrogens with zero attached hydrogens (tertiary/aromatic N) is 5. The SMILES string of the molecule is Cc1cccc(C)c1-c1cc(Oc2cccc(N3CCNCC3)c2)nc(NS(=O)(=O)c2cnn(C)c2)n1. The van der Waals surface area contributed by atoms with Gasteiger partial charge in [0, 0.05) is 62.8 Å². The molecule has 0 spiro atoms. The van der Waals surface area contributed by atoms with Gasteiger partial charge in [0.15, 0.2) is 0 Å². The van der Waals surface area contributed by atoms with Crippen molar-refractivity contribution >= 4 is 21.7 Å². The Morgan fingerprint density at radius 3 is 2.43 bits per heavy atom. The van der Waals surface area contributed by atoms with E-state index in [9.17, 15) is 8.42 Å². The third kappa shape index (κ3) is 5.57. The second-order valence-corrected chi connectivity index (χ2v) is 10.7. The van der Waals surface area contributed by atoms with E-state index >= 15 is 0 Å². The lowest BCUT2D eigenvalue weighted by molar-refractivity contribution is 0.462. The van der Waals surface area contributed by atoms with E-state index in [1.54, 1.807) is 13.1 Å². The maximum Gasteiger partial charge on any atom is 0.267 e. The number of aromatic nitrogens is 4. The summed E-state index contributed by atoms with van der Waals surface area (Å²) in [6.07, 6.45) is 2.69. The molecule has 0 radical (unpaired) electrons. The number of anilines is 2. The number of benzene rings is 2.